The lowest BCUT2D eigenvalue weighted by Gasteiger charge is -2.13. The van der Waals surface area contributed by atoms with Crippen LogP contribution in [-0.4, -0.2) is 37.4 Å². The molecule has 136 valence electrons. The maximum atomic E-state index is 12.5. The number of carbonyl (C=O) groups excluding carboxylic acids is 3. The maximum absolute atomic E-state index is 12.5. The molecule has 1 amide bonds. The molecule has 6 heteroatoms. The zero-order chi connectivity index (χ0) is 18.9. The molecule has 2 aromatic rings. The van der Waals surface area contributed by atoms with Gasteiger partial charge in [0, 0.05) is 11.1 Å². The standard InChI is InChI=1S/C20H22N2O4/c1-14(20(25)26-11-10-22-18(23)13-21)16-8-5-9-17(12-16)19(24)15-6-3-2-4-7-15/h2-9,12,14H,10-11,13,21H2,1H3,(H,22,23). The molecule has 0 radical (unpaired) electrons. The molecule has 0 saturated heterocycles. The zero-order valence-electron chi connectivity index (χ0n) is 14.6. The third kappa shape index (κ3) is 5.26. The largest absolute Gasteiger partial charge is 0.463 e. The Morgan fingerprint density at radius 3 is 2.42 bits per heavy atom. The van der Waals surface area contributed by atoms with E-state index in [1.54, 1.807) is 55.5 Å². The summed E-state index contributed by atoms with van der Waals surface area (Å²) < 4.78 is 5.16. The molecule has 0 bridgehead atoms. The lowest BCUT2D eigenvalue weighted by molar-refractivity contribution is -0.145. The van der Waals surface area contributed by atoms with Crippen LogP contribution >= 0.6 is 0 Å². The quantitative estimate of drug-likeness (QED) is 0.427. The first kappa shape index (κ1) is 19.3. The average Bonchev–Trinajstić information content (AvgIpc) is 2.70. The van der Waals surface area contributed by atoms with Crippen LogP contribution in [-0.2, 0) is 14.3 Å². The summed E-state index contributed by atoms with van der Waals surface area (Å²) in [4.78, 5) is 35.7. The fourth-order valence-corrected chi connectivity index (χ4v) is 2.38. The highest BCUT2D eigenvalue weighted by Crippen LogP contribution is 2.20. The molecule has 0 spiro atoms. The van der Waals surface area contributed by atoms with Gasteiger partial charge in [-0.05, 0) is 18.6 Å². The van der Waals surface area contributed by atoms with E-state index in [0.717, 1.165) is 0 Å². The van der Waals surface area contributed by atoms with Gasteiger partial charge in [0.15, 0.2) is 5.78 Å². The van der Waals surface area contributed by atoms with Gasteiger partial charge < -0.3 is 15.8 Å². The molecule has 0 heterocycles. The molecule has 0 aromatic heterocycles. The van der Waals surface area contributed by atoms with Crippen LogP contribution in [0.25, 0.3) is 0 Å². The lowest BCUT2D eigenvalue weighted by atomic mass is 9.96. The number of amides is 1. The van der Waals surface area contributed by atoms with Gasteiger partial charge in [0.2, 0.25) is 5.91 Å². The van der Waals surface area contributed by atoms with Crippen molar-refractivity contribution in [1.82, 2.24) is 5.32 Å². The van der Waals surface area contributed by atoms with Gasteiger partial charge in [-0.3, -0.25) is 14.4 Å². The Kier molecular flexibility index (Phi) is 7.05. The minimum Gasteiger partial charge on any atom is -0.463 e. The first-order valence-electron chi connectivity index (χ1n) is 8.36. The van der Waals surface area contributed by atoms with Crippen LogP contribution < -0.4 is 11.1 Å². The highest BCUT2D eigenvalue weighted by atomic mass is 16.5. The predicted molar refractivity (Wildman–Crippen MR) is 97.8 cm³/mol. The van der Waals surface area contributed by atoms with Gasteiger partial charge in [-0.15, -0.1) is 0 Å². The molecule has 6 nitrogen and oxygen atoms in total. The normalized spacial score (nSPS) is 11.5. The van der Waals surface area contributed by atoms with Crippen molar-refractivity contribution in [2.45, 2.75) is 12.8 Å². The van der Waals surface area contributed by atoms with Gasteiger partial charge in [0.1, 0.15) is 6.61 Å². The summed E-state index contributed by atoms with van der Waals surface area (Å²) in [7, 11) is 0. The van der Waals surface area contributed by atoms with Crippen LogP contribution in [0.4, 0.5) is 0 Å². The van der Waals surface area contributed by atoms with Gasteiger partial charge >= 0.3 is 5.97 Å². The lowest BCUT2D eigenvalue weighted by Crippen LogP contribution is -2.33. The molecular formula is C20H22N2O4. The first-order valence-corrected chi connectivity index (χ1v) is 8.36. The van der Waals surface area contributed by atoms with E-state index in [9.17, 15) is 14.4 Å². The van der Waals surface area contributed by atoms with Crippen LogP contribution in [0.2, 0.25) is 0 Å². The van der Waals surface area contributed by atoms with E-state index in [1.807, 2.05) is 6.07 Å². The first-order chi connectivity index (χ1) is 12.5. The number of esters is 1. The second kappa shape index (κ2) is 9.48. The Bertz CT molecular complexity index is 774. The number of ether oxygens (including phenoxy) is 1. The Morgan fingerprint density at radius 1 is 1.04 bits per heavy atom. The summed E-state index contributed by atoms with van der Waals surface area (Å²) >= 11 is 0. The number of benzene rings is 2. The minimum atomic E-state index is -0.524. The highest BCUT2D eigenvalue weighted by Gasteiger charge is 2.18. The SMILES string of the molecule is CC(C(=O)OCCNC(=O)CN)c1cccc(C(=O)c2ccccc2)c1. The molecule has 0 saturated carbocycles. The van der Waals surface area contributed by atoms with E-state index in [2.05, 4.69) is 5.32 Å². The Balaban J connectivity index is 1.99. The van der Waals surface area contributed by atoms with E-state index in [-0.39, 0.29) is 31.4 Å². The van der Waals surface area contributed by atoms with Crippen LogP contribution in [0.15, 0.2) is 54.6 Å². The molecule has 1 atom stereocenters. The van der Waals surface area contributed by atoms with Gasteiger partial charge in [0.25, 0.3) is 0 Å². The van der Waals surface area contributed by atoms with Crippen molar-refractivity contribution < 1.29 is 19.1 Å². The van der Waals surface area contributed by atoms with E-state index < -0.39 is 11.9 Å². The molecule has 0 fully saturated rings. The summed E-state index contributed by atoms with van der Waals surface area (Å²) in [5.41, 5.74) is 6.98. The molecule has 0 aliphatic heterocycles. The number of hydrogen-bond acceptors (Lipinski definition) is 5. The van der Waals surface area contributed by atoms with Crippen LogP contribution in [0.3, 0.4) is 0 Å². The smallest absolute Gasteiger partial charge is 0.313 e. The Labute approximate surface area is 152 Å². The average molecular weight is 354 g/mol. The molecule has 2 aromatic carbocycles. The second-order valence-electron chi connectivity index (χ2n) is 5.76. The van der Waals surface area contributed by atoms with Gasteiger partial charge in [-0.25, -0.2) is 0 Å². The number of nitrogens with one attached hydrogen (secondary N) is 1. The molecule has 2 rings (SSSR count). The van der Waals surface area contributed by atoms with Crippen molar-refractivity contribution in [2.75, 3.05) is 19.7 Å². The van der Waals surface area contributed by atoms with Crippen molar-refractivity contribution >= 4 is 17.7 Å². The van der Waals surface area contributed by atoms with Crippen molar-refractivity contribution in [2.24, 2.45) is 5.73 Å². The summed E-state index contributed by atoms with van der Waals surface area (Å²) in [5, 5.41) is 2.52. The van der Waals surface area contributed by atoms with E-state index >= 15 is 0 Å². The summed E-state index contributed by atoms with van der Waals surface area (Å²) in [6.07, 6.45) is 0. The number of nitrogens with two attached hydrogens (primary N) is 1. The third-order valence-electron chi connectivity index (χ3n) is 3.89. The third-order valence-corrected chi connectivity index (χ3v) is 3.89. The number of rotatable bonds is 8. The number of ketones is 1. The summed E-state index contributed by atoms with van der Waals surface area (Å²) in [6, 6.07) is 15.9. The van der Waals surface area contributed by atoms with Gasteiger partial charge in [0.05, 0.1) is 19.0 Å². The molecule has 1 unspecified atom stereocenters. The molecule has 3 N–H and O–H groups in total. The van der Waals surface area contributed by atoms with Gasteiger partial charge in [-0.2, -0.15) is 0 Å². The van der Waals surface area contributed by atoms with Crippen molar-refractivity contribution in [3.63, 3.8) is 0 Å². The van der Waals surface area contributed by atoms with E-state index in [1.165, 1.54) is 0 Å². The molecule has 0 aliphatic carbocycles. The summed E-state index contributed by atoms with van der Waals surface area (Å²) in [5.74, 6) is -1.35. The maximum Gasteiger partial charge on any atom is 0.313 e. The topological polar surface area (TPSA) is 98.5 Å². The number of carbonyl (C=O) groups is 3. The fraction of sp³-hybridized carbons (Fsp3) is 0.250. The monoisotopic (exact) mass is 354 g/mol. The van der Waals surface area contributed by atoms with Crippen LogP contribution in [0, 0.1) is 0 Å². The zero-order valence-corrected chi connectivity index (χ0v) is 14.6. The van der Waals surface area contributed by atoms with E-state index in [4.69, 9.17) is 10.5 Å². The highest BCUT2D eigenvalue weighted by molar-refractivity contribution is 6.09. The van der Waals surface area contributed by atoms with Crippen molar-refractivity contribution in [1.29, 1.82) is 0 Å². The molecular weight excluding hydrogens is 332 g/mol. The van der Waals surface area contributed by atoms with Crippen LogP contribution in [0.5, 0.6) is 0 Å². The van der Waals surface area contributed by atoms with Crippen molar-refractivity contribution in [3.05, 3.63) is 71.3 Å². The summed E-state index contributed by atoms with van der Waals surface area (Å²) in [6.45, 7) is 1.89. The van der Waals surface area contributed by atoms with Crippen molar-refractivity contribution in [3.8, 4) is 0 Å². The minimum absolute atomic E-state index is 0.0670. The van der Waals surface area contributed by atoms with E-state index in [0.29, 0.717) is 16.7 Å². The number of hydrogen-bond donors (Lipinski definition) is 2. The molecule has 26 heavy (non-hydrogen) atoms. The van der Waals surface area contributed by atoms with Gasteiger partial charge in [-0.1, -0.05) is 48.5 Å². The Morgan fingerprint density at radius 2 is 1.73 bits per heavy atom. The molecule has 0 aliphatic rings. The second-order valence-corrected chi connectivity index (χ2v) is 5.76. The predicted octanol–water partition coefficient (Wildman–Crippen LogP) is 1.64. The fourth-order valence-electron chi connectivity index (χ4n) is 2.38. The Hall–Kier alpha value is -2.99. The van der Waals surface area contributed by atoms with Crippen LogP contribution in [0.1, 0.15) is 34.3 Å².